The van der Waals surface area contributed by atoms with Crippen molar-refractivity contribution in [1.82, 2.24) is 14.5 Å². The Kier molecular flexibility index (Phi) is 7.28. The molecule has 8 nitrogen and oxygen atoms in total. The zero-order chi connectivity index (χ0) is 26.0. The van der Waals surface area contributed by atoms with Crippen molar-refractivity contribution in [2.75, 3.05) is 7.11 Å². The molecule has 4 rings (SSSR count). The molecule has 36 heavy (non-hydrogen) atoms. The van der Waals surface area contributed by atoms with Crippen molar-refractivity contribution in [1.29, 1.82) is 0 Å². The minimum absolute atomic E-state index is 0.0524. The van der Waals surface area contributed by atoms with Crippen LogP contribution in [0.15, 0.2) is 76.3 Å². The molecule has 1 N–H and O–H groups in total. The van der Waals surface area contributed by atoms with Crippen LogP contribution in [-0.2, 0) is 23.0 Å². The number of rotatable bonds is 6. The Hall–Kier alpha value is -3.88. The largest absolute Gasteiger partial charge is 0.467 e. The van der Waals surface area contributed by atoms with Crippen LogP contribution in [0.3, 0.4) is 0 Å². The molecule has 184 valence electrons. The maximum Gasteiger partial charge on any atom is 0.335 e. The van der Waals surface area contributed by atoms with E-state index in [0.29, 0.717) is 22.2 Å². The third kappa shape index (κ3) is 4.78. The average Bonchev–Trinajstić information content (AvgIpc) is 2.87. The molecule has 0 aliphatic rings. The first-order chi connectivity index (χ1) is 17.2. The lowest BCUT2D eigenvalue weighted by atomic mass is 10.0. The van der Waals surface area contributed by atoms with Crippen LogP contribution in [0.2, 0.25) is 10.0 Å². The van der Waals surface area contributed by atoms with Gasteiger partial charge in [0.05, 0.1) is 39.3 Å². The highest BCUT2D eigenvalue weighted by Gasteiger charge is 2.25. The summed E-state index contributed by atoms with van der Waals surface area (Å²) in [5.74, 6) is -1.28. The Morgan fingerprint density at radius 3 is 2.22 bits per heavy atom. The average molecular weight is 526 g/mol. The fourth-order valence-electron chi connectivity index (χ4n) is 3.93. The van der Waals surface area contributed by atoms with E-state index in [1.54, 1.807) is 61.6 Å². The number of para-hydroxylation sites is 1. The van der Waals surface area contributed by atoms with Crippen molar-refractivity contribution in [2.45, 2.75) is 12.5 Å². The smallest absolute Gasteiger partial charge is 0.335 e. The third-order valence-electron chi connectivity index (χ3n) is 5.79. The molecule has 1 amide bonds. The highest BCUT2D eigenvalue weighted by Crippen LogP contribution is 2.24. The predicted octanol–water partition coefficient (Wildman–Crippen LogP) is 3.51. The molecular formula is C26H21Cl2N3O5. The fraction of sp³-hybridized carbons (Fsp3) is 0.154. The van der Waals surface area contributed by atoms with Crippen LogP contribution in [0, 0.1) is 0 Å². The van der Waals surface area contributed by atoms with E-state index in [1.807, 2.05) is 0 Å². The number of methoxy groups -OCH3 is 1. The van der Waals surface area contributed by atoms with E-state index in [1.165, 1.54) is 23.8 Å². The monoisotopic (exact) mass is 525 g/mol. The molecule has 0 aliphatic carbocycles. The Balaban J connectivity index is 1.63. The third-order valence-corrected chi connectivity index (χ3v) is 6.42. The number of aromatic nitrogens is 2. The molecule has 4 aromatic rings. The molecule has 3 aromatic carbocycles. The number of fused-ring (bicyclic) bond motifs is 1. The number of carbonyl (C=O) groups excluding carboxylic acids is 2. The molecule has 1 aromatic heterocycles. The zero-order valence-corrected chi connectivity index (χ0v) is 20.8. The first-order valence-electron chi connectivity index (χ1n) is 10.9. The van der Waals surface area contributed by atoms with Crippen molar-refractivity contribution in [3.05, 3.63) is 109 Å². The Morgan fingerprint density at radius 2 is 1.58 bits per heavy atom. The molecule has 0 saturated carbocycles. The van der Waals surface area contributed by atoms with Crippen molar-refractivity contribution < 1.29 is 14.3 Å². The number of nitrogens with one attached hydrogen (secondary N) is 1. The molecule has 0 bridgehead atoms. The maximum atomic E-state index is 13.0. The van der Waals surface area contributed by atoms with Gasteiger partial charge >= 0.3 is 11.7 Å². The number of halogens is 2. The number of aryl methyl sites for hydroxylation is 1. The summed E-state index contributed by atoms with van der Waals surface area (Å²) in [7, 11) is 2.82. The number of hydrogen-bond donors (Lipinski definition) is 1. The van der Waals surface area contributed by atoms with Gasteiger partial charge in [-0.3, -0.25) is 14.2 Å². The quantitative estimate of drug-likeness (QED) is 0.388. The van der Waals surface area contributed by atoms with Crippen molar-refractivity contribution >= 4 is 46.0 Å². The first-order valence-corrected chi connectivity index (χ1v) is 11.6. The van der Waals surface area contributed by atoms with Gasteiger partial charge in [-0.1, -0.05) is 53.5 Å². The minimum atomic E-state index is -1.03. The fourth-order valence-corrected chi connectivity index (χ4v) is 4.50. The van der Waals surface area contributed by atoms with Crippen LogP contribution < -0.4 is 16.6 Å². The van der Waals surface area contributed by atoms with E-state index in [9.17, 15) is 19.2 Å². The number of benzene rings is 3. The predicted molar refractivity (Wildman–Crippen MR) is 138 cm³/mol. The second kappa shape index (κ2) is 10.4. The Labute approximate surface area is 215 Å². The highest BCUT2D eigenvalue weighted by atomic mass is 35.5. The van der Waals surface area contributed by atoms with Gasteiger partial charge in [0.25, 0.3) is 11.5 Å². The summed E-state index contributed by atoms with van der Waals surface area (Å²) < 4.78 is 7.35. The summed E-state index contributed by atoms with van der Waals surface area (Å²) in [5.41, 5.74) is 0.703. The molecule has 0 radical (unpaired) electrons. The van der Waals surface area contributed by atoms with Crippen LogP contribution in [0.25, 0.3) is 16.6 Å². The van der Waals surface area contributed by atoms with Crippen LogP contribution in [0.4, 0.5) is 0 Å². The van der Waals surface area contributed by atoms with E-state index >= 15 is 0 Å². The number of esters is 1. The highest BCUT2D eigenvalue weighted by molar-refractivity contribution is 6.39. The second-order valence-electron chi connectivity index (χ2n) is 8.02. The van der Waals surface area contributed by atoms with E-state index in [2.05, 4.69) is 5.32 Å². The number of ether oxygens (including phenoxy) is 1. The summed E-state index contributed by atoms with van der Waals surface area (Å²) in [5, 5.41) is 3.32. The van der Waals surface area contributed by atoms with Gasteiger partial charge in [0.2, 0.25) is 0 Å². The summed E-state index contributed by atoms with van der Waals surface area (Å²) >= 11 is 12.2. The van der Waals surface area contributed by atoms with Gasteiger partial charge in [-0.05, 0) is 42.0 Å². The van der Waals surface area contributed by atoms with Gasteiger partial charge < -0.3 is 10.1 Å². The molecule has 1 heterocycles. The van der Waals surface area contributed by atoms with Crippen LogP contribution in [0.1, 0.15) is 15.9 Å². The van der Waals surface area contributed by atoms with Gasteiger partial charge in [-0.2, -0.15) is 0 Å². The second-order valence-corrected chi connectivity index (χ2v) is 8.83. The van der Waals surface area contributed by atoms with Gasteiger partial charge in [-0.25, -0.2) is 14.2 Å². The van der Waals surface area contributed by atoms with Crippen molar-refractivity contribution in [3.63, 3.8) is 0 Å². The topological polar surface area (TPSA) is 99.4 Å². The number of nitrogens with zero attached hydrogens (tertiary/aromatic N) is 2. The molecule has 1 atom stereocenters. The van der Waals surface area contributed by atoms with E-state index in [0.717, 1.165) is 4.57 Å². The number of amides is 1. The van der Waals surface area contributed by atoms with Crippen molar-refractivity contribution in [3.8, 4) is 5.69 Å². The van der Waals surface area contributed by atoms with Crippen LogP contribution in [0.5, 0.6) is 0 Å². The van der Waals surface area contributed by atoms with Gasteiger partial charge in [0.15, 0.2) is 0 Å². The molecule has 1 unspecified atom stereocenters. The van der Waals surface area contributed by atoms with E-state index < -0.39 is 29.2 Å². The van der Waals surface area contributed by atoms with E-state index in [4.69, 9.17) is 27.9 Å². The molecule has 10 heteroatoms. The standard InChI is InChI=1S/C26H21Cl2N3O5/c1-30-21-9-4-3-6-17(21)24(33)31(26(30)35)16-12-10-15(11-13-16)14-20(25(34)36-2)29-23(32)22-18(27)7-5-8-19(22)28/h3-13,20H,14H2,1-2H3,(H,29,32). The molecule has 0 spiro atoms. The number of hydrogen-bond acceptors (Lipinski definition) is 5. The van der Waals surface area contributed by atoms with Gasteiger partial charge in [-0.15, -0.1) is 0 Å². The van der Waals surface area contributed by atoms with Crippen LogP contribution >= 0.6 is 23.2 Å². The Morgan fingerprint density at radius 1 is 0.944 bits per heavy atom. The molecule has 0 saturated heterocycles. The lowest BCUT2D eigenvalue weighted by Crippen LogP contribution is -2.43. The first kappa shape index (κ1) is 25.2. The summed E-state index contributed by atoms with van der Waals surface area (Å²) in [6.45, 7) is 0. The van der Waals surface area contributed by atoms with Crippen molar-refractivity contribution in [2.24, 2.45) is 7.05 Å². The lowest BCUT2D eigenvalue weighted by molar-refractivity contribution is -0.142. The molecule has 0 aliphatic heterocycles. The number of carbonyl (C=O) groups is 2. The van der Waals surface area contributed by atoms with Gasteiger partial charge in [0.1, 0.15) is 6.04 Å². The normalized spacial score (nSPS) is 11.8. The minimum Gasteiger partial charge on any atom is -0.467 e. The van der Waals surface area contributed by atoms with Gasteiger partial charge in [0, 0.05) is 13.5 Å². The van der Waals surface area contributed by atoms with E-state index in [-0.39, 0.29) is 22.0 Å². The summed E-state index contributed by atoms with van der Waals surface area (Å²) in [4.78, 5) is 51.1. The SMILES string of the molecule is COC(=O)C(Cc1ccc(-n2c(=O)c3ccccc3n(C)c2=O)cc1)NC(=O)c1c(Cl)cccc1Cl. The summed E-state index contributed by atoms with van der Waals surface area (Å²) in [6.07, 6.45) is 0.0887. The van der Waals surface area contributed by atoms with Crippen LogP contribution in [-0.4, -0.2) is 34.2 Å². The maximum absolute atomic E-state index is 13.0. The Bertz CT molecular complexity index is 1570. The zero-order valence-electron chi connectivity index (χ0n) is 19.3. The molecule has 0 fully saturated rings. The summed E-state index contributed by atoms with van der Waals surface area (Å²) in [6, 6.07) is 17.0. The lowest BCUT2D eigenvalue weighted by Gasteiger charge is -2.18. The molecular weight excluding hydrogens is 505 g/mol.